The van der Waals surface area contributed by atoms with E-state index in [1.165, 1.54) is 27.7 Å². The molecule has 13 nitrogen and oxygen atoms in total. The molecule has 15 heteroatoms. The van der Waals surface area contributed by atoms with E-state index < -0.39 is 11.9 Å². The number of Topliss-reactive ketones (excluding diaryl/α,β-unsaturated/α-hetero) is 1. The van der Waals surface area contributed by atoms with Crippen LogP contribution in [0, 0.1) is 17.8 Å². The highest BCUT2D eigenvalue weighted by Gasteiger charge is 2.60. The second-order valence-electron chi connectivity index (χ2n) is 10.4. The first-order valence-corrected chi connectivity index (χ1v) is 14.8. The van der Waals surface area contributed by atoms with Crippen LogP contribution in [0.25, 0.3) is 0 Å². The first-order valence-electron chi connectivity index (χ1n) is 12.8. The van der Waals surface area contributed by atoms with Gasteiger partial charge in [-0.25, -0.2) is 9.48 Å². The third kappa shape index (κ3) is 5.33. The molecule has 7 atom stereocenters. The van der Waals surface area contributed by atoms with Crippen LogP contribution >= 0.6 is 23.5 Å². The molecule has 3 saturated heterocycles. The number of β-lactam (4-membered cyclic amide) rings is 1. The lowest BCUT2D eigenvalue weighted by Gasteiger charge is -2.47. The third-order valence-electron chi connectivity index (χ3n) is 7.71. The molecule has 0 aromatic carbocycles. The molecule has 4 aliphatic rings. The van der Waals surface area contributed by atoms with Gasteiger partial charge in [-0.2, -0.15) is 0 Å². The molecule has 0 radical (unpaired) electrons. The van der Waals surface area contributed by atoms with Gasteiger partial charge in [-0.05, 0) is 22.8 Å². The van der Waals surface area contributed by atoms with E-state index in [1.54, 1.807) is 11.8 Å². The van der Waals surface area contributed by atoms with E-state index in [2.05, 4.69) is 31.5 Å². The van der Waals surface area contributed by atoms with Crippen LogP contribution in [0.15, 0.2) is 16.9 Å². The summed E-state index contributed by atoms with van der Waals surface area (Å²) in [5.74, 6) is -0.645. The van der Waals surface area contributed by atoms with Crippen LogP contribution in [0.4, 0.5) is 0 Å². The number of ketones is 1. The molecule has 1 aromatic heterocycles. The standard InChI is InChI=1S/C23H32N8O5S2/c1-11(3-14(32)7-30-9-27-28-29-30)17-18-12(2)20(19(23(35)36)31(18)22(17)34)38-15-4-13(24-6-15)5-25-21(33)16-8-37-10-26-16/h9,11-13,15-18,24,26H,3-8,10H2,1-2H3,(H,25,33)(H,35,36)/t11-,12+,13-,15-,16-,17+,18+/m0/s1. The quantitative estimate of drug-likeness (QED) is 0.249. The van der Waals surface area contributed by atoms with Crippen molar-refractivity contribution in [3.05, 3.63) is 16.9 Å². The number of carboxylic acids is 1. The molecule has 3 fully saturated rings. The maximum atomic E-state index is 13.1. The molecule has 5 rings (SSSR count). The zero-order valence-electron chi connectivity index (χ0n) is 21.2. The Labute approximate surface area is 228 Å². The van der Waals surface area contributed by atoms with Gasteiger partial charge in [0.25, 0.3) is 0 Å². The van der Waals surface area contributed by atoms with Gasteiger partial charge in [0.05, 0.1) is 18.0 Å². The maximum absolute atomic E-state index is 13.1. The number of nitrogens with one attached hydrogen (secondary N) is 3. The smallest absolute Gasteiger partial charge is 0.353 e. The van der Waals surface area contributed by atoms with E-state index in [9.17, 15) is 24.3 Å². The fourth-order valence-electron chi connectivity index (χ4n) is 5.87. The number of hydrogen-bond acceptors (Lipinski definition) is 11. The maximum Gasteiger partial charge on any atom is 0.353 e. The summed E-state index contributed by atoms with van der Waals surface area (Å²) in [6.07, 6.45) is 2.34. The number of carboxylic acid groups (broad SMARTS) is 1. The van der Waals surface area contributed by atoms with Gasteiger partial charge in [0.1, 0.15) is 18.6 Å². The van der Waals surface area contributed by atoms with Gasteiger partial charge in [0.15, 0.2) is 5.78 Å². The van der Waals surface area contributed by atoms with E-state index in [0.29, 0.717) is 18.0 Å². The number of rotatable bonds is 11. The summed E-state index contributed by atoms with van der Waals surface area (Å²) in [6, 6.07) is -0.316. The monoisotopic (exact) mass is 564 g/mol. The molecule has 2 amide bonds. The number of tetrazole rings is 1. The number of aliphatic carboxylic acids is 1. The lowest BCUT2D eigenvalue weighted by atomic mass is 9.73. The van der Waals surface area contributed by atoms with Crippen molar-refractivity contribution >= 4 is 47.1 Å². The van der Waals surface area contributed by atoms with Gasteiger partial charge in [-0.3, -0.25) is 19.7 Å². The molecule has 206 valence electrons. The number of aromatic nitrogens is 4. The minimum atomic E-state index is -1.10. The molecular weight excluding hydrogens is 532 g/mol. The number of carbonyl (C=O) groups is 4. The van der Waals surface area contributed by atoms with Crippen LogP contribution in [0.3, 0.4) is 0 Å². The molecule has 0 spiro atoms. The van der Waals surface area contributed by atoms with Crippen molar-refractivity contribution in [3.63, 3.8) is 0 Å². The number of nitrogens with zero attached hydrogens (tertiary/aromatic N) is 5. The van der Waals surface area contributed by atoms with Crippen LogP contribution in [0.2, 0.25) is 0 Å². The summed E-state index contributed by atoms with van der Waals surface area (Å²) in [4.78, 5) is 52.4. The fraction of sp³-hybridized carbons (Fsp3) is 0.696. The highest BCUT2D eigenvalue weighted by molar-refractivity contribution is 8.03. The zero-order chi connectivity index (χ0) is 27.0. The first-order chi connectivity index (χ1) is 18.2. The first kappa shape index (κ1) is 27.1. The molecule has 5 heterocycles. The highest BCUT2D eigenvalue weighted by Crippen LogP contribution is 2.53. The van der Waals surface area contributed by atoms with Crippen molar-refractivity contribution in [1.82, 2.24) is 41.1 Å². The number of amides is 2. The molecule has 4 N–H and O–H groups in total. The average Bonchev–Trinajstić information content (AvgIpc) is 3.67. The third-order valence-corrected chi connectivity index (χ3v) is 10.2. The molecule has 0 aliphatic carbocycles. The summed E-state index contributed by atoms with van der Waals surface area (Å²) in [5.41, 5.74) is 0.0718. The van der Waals surface area contributed by atoms with E-state index in [-0.39, 0.29) is 71.5 Å². The lowest BCUT2D eigenvalue weighted by molar-refractivity contribution is -0.160. The molecule has 4 aliphatic heterocycles. The average molecular weight is 565 g/mol. The van der Waals surface area contributed by atoms with E-state index in [4.69, 9.17) is 0 Å². The van der Waals surface area contributed by atoms with Crippen molar-refractivity contribution in [2.75, 3.05) is 24.7 Å². The minimum absolute atomic E-state index is 0.00711. The van der Waals surface area contributed by atoms with Gasteiger partial charge in [-0.1, -0.05) is 13.8 Å². The van der Waals surface area contributed by atoms with Crippen LogP contribution in [0.5, 0.6) is 0 Å². The van der Waals surface area contributed by atoms with E-state index in [1.807, 2.05) is 13.8 Å². The number of carbonyl (C=O) groups excluding carboxylic acids is 3. The predicted octanol–water partition coefficient (Wildman–Crippen LogP) is -0.716. The number of thioether (sulfide) groups is 2. The molecule has 38 heavy (non-hydrogen) atoms. The molecule has 0 bridgehead atoms. The van der Waals surface area contributed by atoms with Gasteiger partial charge >= 0.3 is 5.97 Å². The Bertz CT molecular complexity index is 1130. The van der Waals surface area contributed by atoms with Crippen LogP contribution < -0.4 is 16.0 Å². The van der Waals surface area contributed by atoms with Crippen LogP contribution in [0.1, 0.15) is 26.7 Å². The van der Waals surface area contributed by atoms with Gasteiger partial charge in [0.2, 0.25) is 11.8 Å². The Kier molecular flexibility index (Phi) is 8.07. The Hall–Kier alpha value is -2.49. The Morgan fingerprint density at radius 2 is 2.16 bits per heavy atom. The number of hydrogen-bond donors (Lipinski definition) is 4. The highest BCUT2D eigenvalue weighted by atomic mass is 32.2. The summed E-state index contributed by atoms with van der Waals surface area (Å²) in [5, 5.41) is 30.5. The molecule has 0 unspecified atom stereocenters. The van der Waals surface area contributed by atoms with Crippen LogP contribution in [-0.4, -0.2) is 102 Å². The van der Waals surface area contributed by atoms with Crippen LogP contribution in [-0.2, 0) is 25.7 Å². The van der Waals surface area contributed by atoms with Crippen molar-refractivity contribution in [2.45, 2.75) is 56.6 Å². The van der Waals surface area contributed by atoms with Gasteiger partial charge < -0.3 is 20.6 Å². The van der Waals surface area contributed by atoms with Crippen molar-refractivity contribution < 1.29 is 24.3 Å². The Balaban J connectivity index is 1.18. The van der Waals surface area contributed by atoms with Crippen molar-refractivity contribution in [1.29, 1.82) is 0 Å². The second-order valence-corrected chi connectivity index (χ2v) is 12.7. The Morgan fingerprint density at radius 1 is 1.34 bits per heavy atom. The normalized spacial score (nSPS) is 31.3. The van der Waals surface area contributed by atoms with Crippen molar-refractivity contribution in [3.8, 4) is 0 Å². The topological polar surface area (TPSA) is 171 Å². The fourth-order valence-corrected chi connectivity index (χ4v) is 8.33. The Morgan fingerprint density at radius 3 is 2.84 bits per heavy atom. The molecular formula is C23H32N8O5S2. The van der Waals surface area contributed by atoms with Gasteiger partial charge in [0, 0.05) is 53.3 Å². The molecule has 0 saturated carbocycles. The summed E-state index contributed by atoms with van der Waals surface area (Å²) >= 11 is 3.23. The lowest BCUT2D eigenvalue weighted by Crippen LogP contribution is -2.62. The largest absolute Gasteiger partial charge is 0.477 e. The summed E-state index contributed by atoms with van der Waals surface area (Å²) < 4.78 is 1.35. The second kappa shape index (κ2) is 11.3. The molecule has 1 aromatic rings. The minimum Gasteiger partial charge on any atom is -0.477 e. The van der Waals surface area contributed by atoms with E-state index >= 15 is 0 Å². The summed E-state index contributed by atoms with van der Waals surface area (Å²) in [6.45, 7) is 5.09. The SMILES string of the molecule is C[C@@H](CC(=O)Cn1cnnn1)[C@H]1C(=O)N2C(C(=O)O)=C(S[C@@H]3CN[C@H](CNC(=O)[C@@H]4CSCN4)C3)[C@H](C)[C@H]12. The zero-order valence-corrected chi connectivity index (χ0v) is 22.8. The number of fused-ring (bicyclic) bond motifs is 1. The van der Waals surface area contributed by atoms with E-state index in [0.717, 1.165) is 18.1 Å². The van der Waals surface area contributed by atoms with Gasteiger partial charge in [-0.15, -0.1) is 28.6 Å². The predicted molar refractivity (Wildman–Crippen MR) is 140 cm³/mol. The summed E-state index contributed by atoms with van der Waals surface area (Å²) in [7, 11) is 0. The van der Waals surface area contributed by atoms with Crippen molar-refractivity contribution in [2.24, 2.45) is 17.8 Å².